The molecule has 1 atom stereocenters. The Morgan fingerprint density at radius 1 is 0.857 bits per heavy atom. The number of aromatic amines is 1. The first kappa shape index (κ1) is 23.2. The van der Waals surface area contributed by atoms with Crippen molar-refractivity contribution in [2.24, 2.45) is 0 Å². The summed E-state index contributed by atoms with van der Waals surface area (Å²) in [5.41, 5.74) is 4.58. The van der Waals surface area contributed by atoms with Gasteiger partial charge in [0.1, 0.15) is 17.7 Å². The molecule has 1 fully saturated rings. The molecule has 0 unspecified atom stereocenters. The number of hydrogen-bond donors (Lipinski definition) is 2. The minimum absolute atomic E-state index is 0.183. The average Bonchev–Trinajstić information content (AvgIpc) is 3.25. The lowest BCUT2D eigenvalue weighted by molar-refractivity contribution is -0.144. The van der Waals surface area contributed by atoms with Gasteiger partial charge in [-0.3, -0.25) is 14.6 Å². The number of fused-ring (bicyclic) bond motifs is 1. The van der Waals surface area contributed by atoms with Gasteiger partial charge in [0.05, 0.1) is 6.04 Å². The molecule has 2 N–H and O–H groups in total. The van der Waals surface area contributed by atoms with Crippen molar-refractivity contribution in [1.82, 2.24) is 14.8 Å². The fraction of sp³-hybridized carbons (Fsp3) is 0.250. The van der Waals surface area contributed by atoms with Crippen LogP contribution in [-0.2, 0) is 4.79 Å². The third kappa shape index (κ3) is 4.70. The lowest BCUT2D eigenvalue weighted by Gasteiger charge is -2.41. The number of carbonyl (C=O) groups is 1. The Hall–Kier alpha value is -3.55. The summed E-state index contributed by atoms with van der Waals surface area (Å²) in [6.45, 7) is 4.33. The van der Waals surface area contributed by atoms with E-state index in [1.54, 1.807) is 30.5 Å². The van der Waals surface area contributed by atoms with Gasteiger partial charge in [0.2, 0.25) is 0 Å². The summed E-state index contributed by atoms with van der Waals surface area (Å²) in [7, 11) is 0. The van der Waals surface area contributed by atoms with Gasteiger partial charge in [-0.15, -0.1) is 0 Å². The zero-order chi connectivity index (χ0) is 24.5. The van der Waals surface area contributed by atoms with E-state index in [-0.39, 0.29) is 17.7 Å². The van der Waals surface area contributed by atoms with Crippen molar-refractivity contribution in [3.8, 4) is 0 Å². The smallest absolute Gasteiger partial charge is 0.325 e. The van der Waals surface area contributed by atoms with Gasteiger partial charge in [-0.1, -0.05) is 35.9 Å². The Morgan fingerprint density at radius 3 is 1.94 bits per heavy atom. The number of hydrogen-bond acceptors (Lipinski definition) is 3. The van der Waals surface area contributed by atoms with E-state index in [1.165, 1.54) is 24.3 Å². The summed E-state index contributed by atoms with van der Waals surface area (Å²) in [4.78, 5) is 19.9. The number of rotatable bonds is 6. The van der Waals surface area contributed by atoms with Crippen molar-refractivity contribution in [2.75, 3.05) is 26.2 Å². The monoisotopic (exact) mass is 475 g/mol. The minimum Gasteiger partial charge on any atom is -0.480 e. The Kier molecular flexibility index (Phi) is 6.36. The number of piperazine rings is 1. The highest BCUT2D eigenvalue weighted by Crippen LogP contribution is 2.34. The van der Waals surface area contributed by atoms with Crippen molar-refractivity contribution < 1.29 is 18.7 Å². The molecule has 35 heavy (non-hydrogen) atoms. The van der Waals surface area contributed by atoms with Crippen LogP contribution in [0.3, 0.4) is 0 Å². The van der Waals surface area contributed by atoms with Gasteiger partial charge >= 0.3 is 5.97 Å². The van der Waals surface area contributed by atoms with Gasteiger partial charge in [-0.25, -0.2) is 8.78 Å². The van der Waals surface area contributed by atoms with Crippen LogP contribution in [0.1, 0.15) is 34.3 Å². The van der Waals surface area contributed by atoms with Crippen LogP contribution in [0.15, 0.2) is 72.9 Å². The normalized spacial score (nSPS) is 16.1. The summed E-state index contributed by atoms with van der Waals surface area (Å²) in [5.74, 6) is -1.50. The lowest BCUT2D eigenvalue weighted by Crippen LogP contribution is -2.50. The van der Waals surface area contributed by atoms with Crippen LogP contribution in [0.2, 0.25) is 0 Å². The molecule has 0 aliphatic carbocycles. The first-order chi connectivity index (χ1) is 16.9. The number of aromatic nitrogens is 1. The number of nitrogens with one attached hydrogen (secondary N) is 1. The summed E-state index contributed by atoms with van der Waals surface area (Å²) >= 11 is 0. The summed E-state index contributed by atoms with van der Waals surface area (Å²) in [6, 6.07) is 17.8. The molecule has 0 amide bonds. The van der Waals surface area contributed by atoms with E-state index in [2.05, 4.69) is 9.88 Å². The Balaban J connectivity index is 1.41. The molecule has 2 heterocycles. The molecule has 1 aliphatic rings. The number of benzene rings is 3. The second-order valence-electron chi connectivity index (χ2n) is 9.11. The van der Waals surface area contributed by atoms with E-state index >= 15 is 0 Å². The molecular formula is C28H27F2N3O2. The standard InChI is InChI=1S/C28H27F2N3O2/c1-18-2-11-25-23(16-18)24(17-31-25)27(28(34)35)33-14-12-32(13-15-33)26(19-3-7-21(29)8-4-19)20-5-9-22(30)10-6-20/h2-11,16-17,26-27,31H,12-15H2,1H3,(H,34,35)/t27-/m1/s1. The molecule has 1 aliphatic heterocycles. The predicted molar refractivity (Wildman–Crippen MR) is 131 cm³/mol. The second kappa shape index (κ2) is 9.60. The molecule has 0 radical (unpaired) electrons. The maximum Gasteiger partial charge on any atom is 0.325 e. The minimum atomic E-state index is -0.880. The van der Waals surface area contributed by atoms with Crippen molar-refractivity contribution in [2.45, 2.75) is 19.0 Å². The summed E-state index contributed by atoms with van der Waals surface area (Å²) < 4.78 is 27.2. The third-order valence-corrected chi connectivity index (χ3v) is 6.85. The molecular weight excluding hydrogens is 448 g/mol. The van der Waals surface area contributed by atoms with E-state index in [1.807, 2.05) is 30.0 Å². The molecule has 0 spiro atoms. The number of aliphatic carboxylic acids is 1. The maximum atomic E-state index is 13.6. The summed E-state index contributed by atoms with van der Waals surface area (Å²) in [6.07, 6.45) is 1.80. The lowest BCUT2D eigenvalue weighted by atomic mass is 9.95. The molecule has 0 bridgehead atoms. The zero-order valence-corrected chi connectivity index (χ0v) is 19.4. The Labute approximate surface area is 202 Å². The van der Waals surface area contributed by atoms with E-state index in [9.17, 15) is 18.7 Å². The number of halogens is 2. The molecule has 1 aromatic heterocycles. The number of H-pyrrole nitrogens is 1. The van der Waals surface area contributed by atoms with Crippen molar-refractivity contribution in [3.05, 3.63) is 107 Å². The van der Waals surface area contributed by atoms with E-state index in [0.717, 1.165) is 33.2 Å². The van der Waals surface area contributed by atoms with Crippen LogP contribution < -0.4 is 0 Å². The predicted octanol–water partition coefficient (Wildman–Crippen LogP) is 5.29. The zero-order valence-electron chi connectivity index (χ0n) is 19.4. The number of carboxylic acid groups (broad SMARTS) is 1. The SMILES string of the molecule is Cc1ccc2[nH]cc([C@H](C(=O)O)N3CCN(C(c4ccc(F)cc4)c4ccc(F)cc4)CC3)c2c1. The quantitative estimate of drug-likeness (QED) is 0.398. The fourth-order valence-electron chi connectivity index (χ4n) is 5.13. The Morgan fingerprint density at radius 2 is 1.40 bits per heavy atom. The second-order valence-corrected chi connectivity index (χ2v) is 9.11. The fourth-order valence-corrected chi connectivity index (χ4v) is 5.13. The van der Waals surface area contributed by atoms with Crippen LogP contribution in [0.4, 0.5) is 8.78 Å². The van der Waals surface area contributed by atoms with Crippen molar-refractivity contribution >= 4 is 16.9 Å². The number of carboxylic acids is 1. The highest BCUT2D eigenvalue weighted by atomic mass is 19.1. The van der Waals surface area contributed by atoms with Crippen molar-refractivity contribution in [3.63, 3.8) is 0 Å². The van der Waals surface area contributed by atoms with Crippen LogP contribution in [0, 0.1) is 18.6 Å². The number of aryl methyl sites for hydroxylation is 1. The van der Waals surface area contributed by atoms with E-state index in [0.29, 0.717) is 26.2 Å². The van der Waals surface area contributed by atoms with Crippen LogP contribution in [0.25, 0.3) is 10.9 Å². The van der Waals surface area contributed by atoms with Gasteiger partial charge in [0, 0.05) is 48.8 Å². The average molecular weight is 476 g/mol. The maximum absolute atomic E-state index is 13.6. The van der Waals surface area contributed by atoms with Crippen LogP contribution >= 0.6 is 0 Å². The van der Waals surface area contributed by atoms with Crippen LogP contribution in [0.5, 0.6) is 0 Å². The molecule has 5 rings (SSSR count). The molecule has 5 nitrogen and oxygen atoms in total. The van der Waals surface area contributed by atoms with Gasteiger partial charge in [0.25, 0.3) is 0 Å². The molecule has 0 saturated carbocycles. The largest absolute Gasteiger partial charge is 0.480 e. The topological polar surface area (TPSA) is 59.6 Å². The van der Waals surface area contributed by atoms with Gasteiger partial charge < -0.3 is 10.1 Å². The highest BCUT2D eigenvalue weighted by molar-refractivity contribution is 5.89. The van der Waals surface area contributed by atoms with Gasteiger partial charge in [-0.2, -0.15) is 0 Å². The first-order valence-corrected chi connectivity index (χ1v) is 11.7. The van der Waals surface area contributed by atoms with Crippen molar-refractivity contribution in [1.29, 1.82) is 0 Å². The molecule has 180 valence electrons. The van der Waals surface area contributed by atoms with Gasteiger partial charge in [-0.05, 0) is 54.4 Å². The molecule has 7 heteroatoms. The molecule has 1 saturated heterocycles. The van der Waals surface area contributed by atoms with Crippen LogP contribution in [-0.4, -0.2) is 52.0 Å². The van der Waals surface area contributed by atoms with E-state index in [4.69, 9.17) is 0 Å². The molecule has 4 aromatic rings. The summed E-state index contributed by atoms with van der Waals surface area (Å²) in [5, 5.41) is 11.1. The van der Waals surface area contributed by atoms with Gasteiger partial charge in [0.15, 0.2) is 0 Å². The highest BCUT2D eigenvalue weighted by Gasteiger charge is 2.34. The van der Waals surface area contributed by atoms with E-state index < -0.39 is 12.0 Å². The number of nitrogens with zero attached hydrogens (tertiary/aromatic N) is 2. The first-order valence-electron chi connectivity index (χ1n) is 11.7. The molecule has 3 aromatic carbocycles. The third-order valence-electron chi connectivity index (χ3n) is 6.85. The Bertz CT molecular complexity index is 1280.